The molecule has 1 amide bonds. The molecule has 1 aliphatic rings. The second-order valence-corrected chi connectivity index (χ2v) is 7.02. The van der Waals surface area contributed by atoms with Crippen molar-refractivity contribution >= 4 is 40.1 Å². The van der Waals surface area contributed by atoms with E-state index < -0.39 is 6.61 Å². The Morgan fingerprint density at radius 3 is 2.65 bits per heavy atom. The van der Waals surface area contributed by atoms with Crippen molar-refractivity contribution in [1.82, 2.24) is 0 Å². The van der Waals surface area contributed by atoms with Gasteiger partial charge in [-0.1, -0.05) is 29.4 Å². The van der Waals surface area contributed by atoms with Gasteiger partial charge in [0.05, 0.1) is 11.7 Å². The highest BCUT2D eigenvalue weighted by Gasteiger charge is 2.28. The van der Waals surface area contributed by atoms with E-state index in [1.54, 1.807) is 30.3 Å². The maximum absolute atomic E-state index is 13.1. The quantitative estimate of drug-likeness (QED) is 0.723. The Labute approximate surface area is 158 Å². The molecule has 2 aromatic rings. The van der Waals surface area contributed by atoms with E-state index in [4.69, 9.17) is 11.6 Å². The SMILES string of the molecule is C[C@@H]1CSC(N(C(=O)c2cccc(OC(F)F)c2)c2ccc(Cl)cc2)=N1. The van der Waals surface area contributed by atoms with E-state index in [1.807, 2.05) is 6.92 Å². The number of alkyl halides is 2. The first-order chi connectivity index (χ1) is 12.4. The third-order valence-electron chi connectivity index (χ3n) is 3.57. The van der Waals surface area contributed by atoms with Crippen molar-refractivity contribution in [2.24, 2.45) is 4.99 Å². The van der Waals surface area contributed by atoms with Gasteiger partial charge in [-0.15, -0.1) is 0 Å². The summed E-state index contributed by atoms with van der Waals surface area (Å²) in [4.78, 5) is 19.1. The summed E-state index contributed by atoms with van der Waals surface area (Å²) < 4.78 is 29.3. The predicted molar refractivity (Wildman–Crippen MR) is 101 cm³/mol. The number of anilines is 1. The van der Waals surface area contributed by atoms with Crippen molar-refractivity contribution in [3.05, 3.63) is 59.1 Å². The van der Waals surface area contributed by atoms with Gasteiger partial charge in [-0.3, -0.25) is 14.7 Å². The molecule has 3 rings (SSSR count). The zero-order valence-corrected chi connectivity index (χ0v) is 15.3. The first-order valence-electron chi connectivity index (χ1n) is 7.79. The normalized spacial score (nSPS) is 16.5. The van der Waals surface area contributed by atoms with Crippen molar-refractivity contribution in [2.45, 2.75) is 19.6 Å². The average Bonchev–Trinajstić information content (AvgIpc) is 3.02. The fourth-order valence-corrected chi connectivity index (χ4v) is 3.58. The van der Waals surface area contributed by atoms with E-state index in [0.29, 0.717) is 15.9 Å². The molecule has 0 saturated heterocycles. The van der Waals surface area contributed by atoms with Crippen molar-refractivity contribution in [3.63, 3.8) is 0 Å². The average molecular weight is 397 g/mol. The van der Waals surface area contributed by atoms with Crippen LogP contribution in [-0.4, -0.2) is 29.5 Å². The first kappa shape index (κ1) is 18.7. The molecule has 2 aromatic carbocycles. The number of rotatable bonds is 4. The van der Waals surface area contributed by atoms with E-state index in [2.05, 4.69) is 9.73 Å². The summed E-state index contributed by atoms with van der Waals surface area (Å²) in [6.07, 6.45) is 0. The molecule has 0 aliphatic carbocycles. The number of hydrogen-bond acceptors (Lipinski definition) is 4. The van der Waals surface area contributed by atoms with Crippen LogP contribution in [0.5, 0.6) is 5.75 Å². The third kappa shape index (κ3) is 4.34. The van der Waals surface area contributed by atoms with Crippen LogP contribution in [0.3, 0.4) is 0 Å². The number of aliphatic imine (C=N–C) groups is 1. The molecule has 0 N–H and O–H groups in total. The molecule has 0 saturated carbocycles. The van der Waals surface area contributed by atoms with Crippen LogP contribution < -0.4 is 9.64 Å². The fourth-order valence-electron chi connectivity index (χ4n) is 2.42. The first-order valence-corrected chi connectivity index (χ1v) is 9.16. The molecule has 4 nitrogen and oxygen atoms in total. The lowest BCUT2D eigenvalue weighted by Gasteiger charge is -2.22. The van der Waals surface area contributed by atoms with Crippen LogP contribution in [0.25, 0.3) is 0 Å². The van der Waals surface area contributed by atoms with Crippen LogP contribution in [0.4, 0.5) is 14.5 Å². The molecule has 26 heavy (non-hydrogen) atoms. The Balaban J connectivity index is 1.97. The highest BCUT2D eigenvalue weighted by molar-refractivity contribution is 8.14. The van der Waals surface area contributed by atoms with Crippen LogP contribution in [0.15, 0.2) is 53.5 Å². The molecular weight excluding hydrogens is 382 g/mol. The van der Waals surface area contributed by atoms with Gasteiger partial charge < -0.3 is 4.74 Å². The summed E-state index contributed by atoms with van der Waals surface area (Å²) in [6.45, 7) is -0.995. The number of nitrogens with zero attached hydrogens (tertiary/aromatic N) is 2. The number of amides is 1. The molecule has 0 unspecified atom stereocenters. The molecule has 1 atom stereocenters. The summed E-state index contributed by atoms with van der Waals surface area (Å²) in [7, 11) is 0. The van der Waals surface area contributed by atoms with Crippen LogP contribution in [-0.2, 0) is 0 Å². The lowest BCUT2D eigenvalue weighted by atomic mass is 10.1. The topological polar surface area (TPSA) is 41.9 Å². The monoisotopic (exact) mass is 396 g/mol. The zero-order valence-electron chi connectivity index (χ0n) is 13.7. The van der Waals surface area contributed by atoms with E-state index in [1.165, 1.54) is 34.9 Å². The number of halogens is 3. The lowest BCUT2D eigenvalue weighted by Crippen LogP contribution is -2.34. The molecule has 136 valence electrons. The van der Waals surface area contributed by atoms with E-state index in [9.17, 15) is 13.6 Å². The minimum atomic E-state index is -2.96. The van der Waals surface area contributed by atoms with Crippen molar-refractivity contribution in [3.8, 4) is 5.75 Å². The van der Waals surface area contributed by atoms with Gasteiger partial charge in [-0.2, -0.15) is 8.78 Å². The van der Waals surface area contributed by atoms with Gasteiger partial charge in [0.25, 0.3) is 5.91 Å². The smallest absolute Gasteiger partial charge is 0.387 e. The minimum Gasteiger partial charge on any atom is -0.435 e. The molecular formula is C18H15ClF2N2O2S. The second-order valence-electron chi connectivity index (χ2n) is 5.60. The van der Waals surface area contributed by atoms with E-state index in [0.717, 1.165) is 5.75 Å². The highest BCUT2D eigenvalue weighted by Crippen LogP contribution is 2.29. The maximum atomic E-state index is 13.1. The van der Waals surface area contributed by atoms with Gasteiger partial charge in [0.15, 0.2) is 5.17 Å². The van der Waals surface area contributed by atoms with Crippen molar-refractivity contribution in [2.75, 3.05) is 10.7 Å². The van der Waals surface area contributed by atoms with Crippen molar-refractivity contribution < 1.29 is 18.3 Å². The van der Waals surface area contributed by atoms with E-state index >= 15 is 0 Å². The maximum Gasteiger partial charge on any atom is 0.387 e. The van der Waals surface area contributed by atoms with Gasteiger partial charge in [0.1, 0.15) is 5.75 Å². The number of thioether (sulfide) groups is 1. The Bertz CT molecular complexity index is 830. The molecule has 0 bridgehead atoms. The van der Waals surface area contributed by atoms with Gasteiger partial charge in [0.2, 0.25) is 0 Å². The molecule has 1 aliphatic heterocycles. The Morgan fingerprint density at radius 1 is 1.31 bits per heavy atom. The van der Waals surface area contributed by atoms with Crippen LogP contribution in [0.2, 0.25) is 5.02 Å². The minimum absolute atomic E-state index is 0.0729. The Hall–Kier alpha value is -2.12. The van der Waals surface area contributed by atoms with Crippen LogP contribution in [0, 0.1) is 0 Å². The molecule has 0 spiro atoms. The van der Waals surface area contributed by atoms with Gasteiger partial charge in [0, 0.05) is 16.3 Å². The summed E-state index contributed by atoms with van der Waals surface area (Å²) >= 11 is 7.40. The van der Waals surface area contributed by atoms with Gasteiger partial charge in [-0.05, 0) is 49.4 Å². The number of carbonyl (C=O) groups is 1. The second kappa shape index (κ2) is 8.05. The Kier molecular flexibility index (Phi) is 5.78. The predicted octanol–water partition coefficient (Wildman–Crippen LogP) is 5.08. The number of amidine groups is 1. The fraction of sp³-hybridized carbons (Fsp3) is 0.222. The number of benzene rings is 2. The van der Waals surface area contributed by atoms with Crippen molar-refractivity contribution in [1.29, 1.82) is 0 Å². The zero-order chi connectivity index (χ0) is 18.7. The molecule has 1 heterocycles. The van der Waals surface area contributed by atoms with Gasteiger partial charge >= 0.3 is 6.61 Å². The summed E-state index contributed by atoms with van der Waals surface area (Å²) in [5.41, 5.74) is 0.820. The number of carbonyl (C=O) groups excluding carboxylic acids is 1. The highest BCUT2D eigenvalue weighted by atomic mass is 35.5. The Morgan fingerprint density at radius 2 is 2.04 bits per heavy atom. The van der Waals surface area contributed by atoms with Crippen LogP contribution >= 0.6 is 23.4 Å². The molecule has 0 radical (unpaired) electrons. The van der Waals surface area contributed by atoms with Gasteiger partial charge in [-0.25, -0.2) is 0 Å². The van der Waals surface area contributed by atoms with E-state index in [-0.39, 0.29) is 23.3 Å². The molecule has 0 aromatic heterocycles. The summed E-state index contributed by atoms with van der Waals surface area (Å²) in [5.74, 6) is 0.310. The molecule has 8 heteroatoms. The summed E-state index contributed by atoms with van der Waals surface area (Å²) in [5, 5.41) is 1.10. The molecule has 0 fully saturated rings. The lowest BCUT2D eigenvalue weighted by molar-refractivity contribution is -0.0498. The largest absolute Gasteiger partial charge is 0.435 e. The number of ether oxygens (including phenoxy) is 1. The standard InChI is InChI=1S/C18H15ClF2N2O2S/c1-11-10-26-18(22-11)23(14-7-5-13(19)6-8-14)16(24)12-3-2-4-15(9-12)25-17(20)21/h2-9,11,17H,10H2,1H3/t11-/m1/s1. The summed E-state index contributed by atoms with van der Waals surface area (Å²) in [6, 6.07) is 12.6. The van der Waals surface area contributed by atoms with Crippen LogP contribution in [0.1, 0.15) is 17.3 Å². The third-order valence-corrected chi connectivity index (χ3v) is 5.02. The number of hydrogen-bond donors (Lipinski definition) is 0.